The van der Waals surface area contributed by atoms with Crippen molar-refractivity contribution in [3.8, 4) is 0 Å². The second kappa shape index (κ2) is 2.85. The number of nitrogens with zero attached hydrogens (tertiary/aromatic N) is 1. The first-order chi connectivity index (χ1) is 4.27. The van der Waals surface area contributed by atoms with Gasteiger partial charge in [-0.15, -0.1) is 0 Å². The maximum Gasteiger partial charge on any atom is 0.0827 e. The molecule has 0 aromatic carbocycles. The third-order valence-corrected chi connectivity index (χ3v) is 3.34. The molecule has 0 amide bonds. The van der Waals surface area contributed by atoms with E-state index in [1.54, 1.807) is 0 Å². The molecule has 0 heterocycles. The molecular formula is C3H8NO4S2-. The van der Waals surface area contributed by atoms with E-state index in [1.165, 1.54) is 6.92 Å². The maximum absolute atomic E-state index is 10.5. The minimum Gasteiger partial charge on any atom is -0.436 e. The minimum atomic E-state index is -3.76. The summed E-state index contributed by atoms with van der Waals surface area (Å²) in [5.41, 5.74) is 0. The highest BCUT2D eigenvalue weighted by Gasteiger charge is 1.98. The van der Waals surface area contributed by atoms with Gasteiger partial charge in [-0.3, -0.25) is 0 Å². The maximum atomic E-state index is 10.5. The van der Waals surface area contributed by atoms with Crippen LogP contribution in [0.1, 0.15) is 6.92 Å². The molecule has 0 N–H and O–H groups in total. The fourth-order valence-corrected chi connectivity index (χ4v) is 2.33. The lowest BCUT2D eigenvalue weighted by Gasteiger charge is -2.14. The van der Waals surface area contributed by atoms with Gasteiger partial charge in [-0.05, 0) is 0 Å². The van der Waals surface area contributed by atoms with Gasteiger partial charge in [0.05, 0.1) is 20.0 Å². The van der Waals surface area contributed by atoms with E-state index in [4.69, 9.17) is 0 Å². The van der Waals surface area contributed by atoms with Gasteiger partial charge < -0.3 is 4.13 Å². The van der Waals surface area contributed by atoms with Crippen LogP contribution in [0.5, 0.6) is 0 Å². The summed E-state index contributed by atoms with van der Waals surface area (Å²) < 4.78 is 44.1. The Balaban J connectivity index is 4.49. The first-order valence-electron chi connectivity index (χ1n) is 2.44. The smallest absolute Gasteiger partial charge is 0.0827 e. The summed E-state index contributed by atoms with van der Waals surface area (Å²) in [6.07, 6.45) is 0.736. The number of sulfonamides is 2. The lowest BCUT2D eigenvalue weighted by atomic mass is 11.0. The number of hydrogen-bond acceptors (Lipinski definition) is 4. The molecule has 0 bridgehead atoms. The van der Waals surface area contributed by atoms with E-state index < -0.39 is 20.0 Å². The Kier molecular flexibility index (Phi) is 2.81. The van der Waals surface area contributed by atoms with Crippen molar-refractivity contribution < 1.29 is 16.8 Å². The van der Waals surface area contributed by atoms with Gasteiger partial charge in [0.15, 0.2) is 0 Å². The molecule has 0 aromatic rings. The summed E-state index contributed by atoms with van der Waals surface area (Å²) in [6, 6.07) is 0. The topological polar surface area (TPSA) is 82.4 Å². The molecule has 0 rings (SSSR count). The molecule has 5 nitrogen and oxygen atoms in total. The van der Waals surface area contributed by atoms with E-state index in [-0.39, 0.29) is 5.75 Å². The molecule has 0 aliphatic rings. The van der Waals surface area contributed by atoms with E-state index in [2.05, 4.69) is 4.13 Å². The zero-order valence-electron chi connectivity index (χ0n) is 5.60. The van der Waals surface area contributed by atoms with Crippen molar-refractivity contribution in [2.24, 2.45) is 0 Å². The summed E-state index contributed by atoms with van der Waals surface area (Å²) in [7, 11) is -7.50. The zero-order chi connectivity index (χ0) is 8.41. The second-order valence-corrected chi connectivity index (χ2v) is 5.48. The Morgan fingerprint density at radius 3 is 1.70 bits per heavy atom. The number of rotatable bonds is 3. The Hall–Kier alpha value is -0.140. The molecule has 0 aromatic heterocycles. The largest absolute Gasteiger partial charge is 0.436 e. The standard InChI is InChI=1S/C3H8NO4S2/c1-3-10(7,8)4-9(2,5)6/h3H2,1-2H3/q-1. The van der Waals surface area contributed by atoms with E-state index in [9.17, 15) is 16.8 Å². The van der Waals surface area contributed by atoms with Crippen molar-refractivity contribution in [2.45, 2.75) is 6.92 Å². The Morgan fingerprint density at radius 2 is 1.60 bits per heavy atom. The third-order valence-electron chi connectivity index (χ3n) is 0.614. The molecule has 7 heteroatoms. The Morgan fingerprint density at radius 1 is 1.20 bits per heavy atom. The normalized spacial score (nSPS) is 13.4. The average molecular weight is 186 g/mol. The molecule has 10 heavy (non-hydrogen) atoms. The molecule has 0 atom stereocenters. The monoisotopic (exact) mass is 186 g/mol. The Labute approximate surface area is 60.5 Å². The van der Waals surface area contributed by atoms with Crippen LogP contribution in [0.15, 0.2) is 0 Å². The van der Waals surface area contributed by atoms with Crippen molar-refractivity contribution in [3.05, 3.63) is 4.13 Å². The van der Waals surface area contributed by atoms with Gasteiger partial charge in [-0.1, -0.05) is 6.92 Å². The molecule has 0 radical (unpaired) electrons. The molecular weight excluding hydrogens is 178 g/mol. The van der Waals surface area contributed by atoms with E-state index in [1.807, 2.05) is 0 Å². The quantitative estimate of drug-likeness (QED) is 0.604. The molecule has 0 spiro atoms. The van der Waals surface area contributed by atoms with Crippen molar-refractivity contribution in [2.75, 3.05) is 12.0 Å². The van der Waals surface area contributed by atoms with Crippen LogP contribution in [0.2, 0.25) is 0 Å². The van der Waals surface area contributed by atoms with Crippen LogP contribution >= 0.6 is 0 Å². The summed E-state index contributed by atoms with van der Waals surface area (Å²) in [4.78, 5) is 0. The highest BCUT2D eigenvalue weighted by Crippen LogP contribution is 2.06. The molecule has 0 saturated heterocycles. The molecule has 62 valence electrons. The van der Waals surface area contributed by atoms with Crippen molar-refractivity contribution >= 4 is 20.0 Å². The van der Waals surface area contributed by atoms with E-state index in [0.29, 0.717) is 0 Å². The minimum absolute atomic E-state index is 0.292. The second-order valence-electron chi connectivity index (χ2n) is 1.68. The van der Waals surface area contributed by atoms with Crippen molar-refractivity contribution in [1.82, 2.24) is 0 Å². The van der Waals surface area contributed by atoms with Crippen molar-refractivity contribution in [3.63, 3.8) is 0 Å². The summed E-state index contributed by atoms with van der Waals surface area (Å²) in [5, 5.41) is 0. The molecule has 0 aliphatic heterocycles. The molecule has 0 saturated carbocycles. The van der Waals surface area contributed by atoms with Gasteiger partial charge in [0.25, 0.3) is 0 Å². The predicted octanol–water partition coefficient (Wildman–Crippen LogP) is -0.331. The zero-order valence-corrected chi connectivity index (χ0v) is 7.24. The fourth-order valence-electron chi connectivity index (χ4n) is 0.259. The van der Waals surface area contributed by atoms with Crippen LogP contribution < -0.4 is 0 Å². The Bertz CT molecular complexity index is 286. The van der Waals surface area contributed by atoms with Gasteiger partial charge in [0.2, 0.25) is 0 Å². The predicted molar refractivity (Wildman–Crippen MR) is 37.7 cm³/mol. The number of hydrogen-bond donors (Lipinski definition) is 0. The first-order valence-corrected chi connectivity index (χ1v) is 5.89. The van der Waals surface area contributed by atoms with Gasteiger partial charge in [0, 0.05) is 12.0 Å². The van der Waals surface area contributed by atoms with E-state index >= 15 is 0 Å². The third kappa shape index (κ3) is 4.71. The van der Waals surface area contributed by atoms with Crippen molar-refractivity contribution in [1.29, 1.82) is 0 Å². The van der Waals surface area contributed by atoms with Crippen LogP contribution in [0.4, 0.5) is 0 Å². The van der Waals surface area contributed by atoms with Crippen LogP contribution in [0.25, 0.3) is 4.13 Å². The van der Waals surface area contributed by atoms with Gasteiger partial charge in [-0.2, -0.15) is 0 Å². The summed E-state index contributed by atoms with van der Waals surface area (Å²) in [6.45, 7) is 1.32. The SMILES string of the molecule is CCS(=O)(=O)[N-]S(C)(=O)=O. The van der Waals surface area contributed by atoms with Crippen LogP contribution in [0, 0.1) is 0 Å². The lowest BCUT2D eigenvalue weighted by molar-refractivity contribution is 0.599. The molecule has 0 aliphatic carbocycles. The van der Waals surface area contributed by atoms with Crippen LogP contribution in [0.3, 0.4) is 0 Å². The highest BCUT2D eigenvalue weighted by atomic mass is 32.3. The summed E-state index contributed by atoms with van der Waals surface area (Å²) >= 11 is 0. The average Bonchev–Trinajstić information content (AvgIpc) is 1.60. The highest BCUT2D eigenvalue weighted by molar-refractivity contribution is 8.11. The van der Waals surface area contributed by atoms with Crippen LogP contribution in [-0.2, 0) is 20.0 Å². The summed E-state index contributed by atoms with van der Waals surface area (Å²) in [5.74, 6) is -0.292. The van der Waals surface area contributed by atoms with E-state index in [0.717, 1.165) is 6.26 Å². The molecule has 0 unspecified atom stereocenters. The molecule has 0 fully saturated rings. The fraction of sp³-hybridized carbons (Fsp3) is 1.00. The lowest BCUT2D eigenvalue weighted by Crippen LogP contribution is -2.06. The first kappa shape index (κ1) is 9.86. The van der Waals surface area contributed by atoms with Gasteiger partial charge in [-0.25, -0.2) is 16.8 Å². The van der Waals surface area contributed by atoms with Gasteiger partial charge >= 0.3 is 0 Å². The van der Waals surface area contributed by atoms with Crippen LogP contribution in [-0.4, -0.2) is 28.8 Å². The van der Waals surface area contributed by atoms with Gasteiger partial charge in [0.1, 0.15) is 0 Å².